The maximum absolute atomic E-state index is 12.1. The number of nitrogens with two attached hydrogens (primary N) is 1. The second-order valence-electron chi connectivity index (χ2n) is 4.19. The first-order valence-corrected chi connectivity index (χ1v) is 6.25. The number of nitro benzene ring substituents is 1. The molecule has 1 aromatic carbocycles. The van der Waals surface area contributed by atoms with E-state index in [1.54, 1.807) is 6.92 Å². The summed E-state index contributed by atoms with van der Waals surface area (Å²) in [6, 6.07) is 3.19. The van der Waals surface area contributed by atoms with E-state index in [9.17, 15) is 19.7 Å². The number of nitrogens with zero attached hydrogens (tertiary/aromatic N) is 1. The van der Waals surface area contributed by atoms with Crippen LogP contribution in [0.15, 0.2) is 18.2 Å². The van der Waals surface area contributed by atoms with Crippen LogP contribution in [0, 0.1) is 10.1 Å². The fourth-order valence-electron chi connectivity index (χ4n) is 1.70. The van der Waals surface area contributed by atoms with Crippen LogP contribution in [0.4, 0.5) is 11.4 Å². The van der Waals surface area contributed by atoms with Crippen LogP contribution in [0.3, 0.4) is 0 Å². The first-order chi connectivity index (χ1) is 9.92. The molecule has 0 bridgehead atoms. The summed E-state index contributed by atoms with van der Waals surface area (Å²) in [4.78, 5) is 33.9. The molecule has 1 aromatic rings. The van der Waals surface area contributed by atoms with Crippen LogP contribution < -0.4 is 21.9 Å². The van der Waals surface area contributed by atoms with E-state index in [0.29, 0.717) is 6.54 Å². The smallest absolute Gasteiger partial charge is 0.294 e. The Kier molecular flexibility index (Phi) is 5.61. The molecular weight excluding hydrogens is 278 g/mol. The van der Waals surface area contributed by atoms with Gasteiger partial charge >= 0.3 is 0 Å². The molecule has 0 spiro atoms. The molecular formula is C12H17N5O4. The van der Waals surface area contributed by atoms with Gasteiger partial charge in [-0.05, 0) is 19.9 Å². The summed E-state index contributed by atoms with van der Waals surface area (Å²) in [7, 11) is 0. The van der Waals surface area contributed by atoms with Gasteiger partial charge in [-0.1, -0.05) is 6.07 Å². The van der Waals surface area contributed by atoms with Gasteiger partial charge in [-0.25, -0.2) is 0 Å². The van der Waals surface area contributed by atoms with Crippen molar-refractivity contribution in [1.29, 1.82) is 0 Å². The summed E-state index contributed by atoms with van der Waals surface area (Å²) in [6.07, 6.45) is 0. The highest BCUT2D eigenvalue weighted by Gasteiger charge is 2.23. The molecule has 0 saturated heterocycles. The standard InChI is InChI=1S/C12H17N5O4/c1-3-14-11(18)7(2)15-12(19)8-5-4-6-9(17(20)21)10(8)16-13/h4-7,16H,3,13H2,1-2H3,(H,14,18)(H,15,19). The van der Waals surface area contributed by atoms with Crippen LogP contribution >= 0.6 is 0 Å². The number of nitrogen functional groups attached to an aromatic ring is 1. The van der Waals surface area contributed by atoms with Crippen molar-refractivity contribution in [3.05, 3.63) is 33.9 Å². The van der Waals surface area contributed by atoms with Gasteiger partial charge in [-0.2, -0.15) is 0 Å². The number of nitro groups is 1. The van der Waals surface area contributed by atoms with E-state index < -0.39 is 16.9 Å². The Morgan fingerprint density at radius 1 is 1.43 bits per heavy atom. The predicted molar refractivity (Wildman–Crippen MR) is 76.5 cm³/mol. The number of carbonyl (C=O) groups excluding carboxylic acids is 2. The molecule has 0 aliphatic carbocycles. The number of rotatable bonds is 6. The van der Waals surface area contributed by atoms with E-state index in [0.717, 1.165) is 0 Å². The highest BCUT2D eigenvalue weighted by atomic mass is 16.6. The Morgan fingerprint density at radius 2 is 2.10 bits per heavy atom. The second-order valence-corrected chi connectivity index (χ2v) is 4.19. The van der Waals surface area contributed by atoms with Crippen molar-refractivity contribution in [3.63, 3.8) is 0 Å². The summed E-state index contributed by atoms with van der Waals surface area (Å²) in [5.41, 5.74) is 1.71. The van der Waals surface area contributed by atoms with Crippen molar-refractivity contribution in [1.82, 2.24) is 10.6 Å². The molecule has 114 valence electrons. The summed E-state index contributed by atoms with van der Waals surface area (Å²) in [6.45, 7) is 3.70. The van der Waals surface area contributed by atoms with Crippen LogP contribution in [0.5, 0.6) is 0 Å². The summed E-state index contributed by atoms with van der Waals surface area (Å²) in [5.74, 6) is 4.27. The fraction of sp³-hybridized carbons (Fsp3) is 0.333. The summed E-state index contributed by atoms with van der Waals surface area (Å²) >= 11 is 0. The number of anilines is 1. The number of likely N-dealkylation sites (N-methyl/N-ethyl adjacent to an activating group) is 1. The number of benzene rings is 1. The van der Waals surface area contributed by atoms with E-state index in [-0.39, 0.29) is 22.8 Å². The summed E-state index contributed by atoms with van der Waals surface area (Å²) < 4.78 is 0. The number of hydrazine groups is 1. The average Bonchev–Trinajstić information content (AvgIpc) is 2.46. The minimum atomic E-state index is -0.776. The zero-order valence-electron chi connectivity index (χ0n) is 11.7. The highest BCUT2D eigenvalue weighted by Crippen LogP contribution is 2.27. The maximum atomic E-state index is 12.1. The average molecular weight is 295 g/mol. The quantitative estimate of drug-likeness (QED) is 0.334. The van der Waals surface area contributed by atoms with Crippen LogP contribution in [0.25, 0.3) is 0 Å². The molecule has 21 heavy (non-hydrogen) atoms. The summed E-state index contributed by atoms with van der Waals surface area (Å²) in [5, 5.41) is 15.9. The Hall–Kier alpha value is -2.68. The van der Waals surface area contributed by atoms with E-state index in [1.165, 1.54) is 25.1 Å². The molecule has 2 amide bonds. The topological polar surface area (TPSA) is 139 Å². The first-order valence-electron chi connectivity index (χ1n) is 6.25. The third kappa shape index (κ3) is 3.89. The number of nitrogens with one attached hydrogen (secondary N) is 3. The lowest BCUT2D eigenvalue weighted by atomic mass is 10.1. The Balaban J connectivity index is 3.00. The second kappa shape index (κ2) is 7.20. The molecule has 0 aliphatic rings. The minimum Gasteiger partial charge on any atom is -0.355 e. The van der Waals surface area contributed by atoms with Gasteiger partial charge < -0.3 is 16.1 Å². The molecule has 5 N–H and O–H groups in total. The van der Waals surface area contributed by atoms with Crippen molar-refractivity contribution in [2.45, 2.75) is 19.9 Å². The predicted octanol–water partition coefficient (Wildman–Crippen LogP) is 0.135. The molecule has 1 rings (SSSR count). The van der Waals surface area contributed by atoms with Gasteiger partial charge in [-0.15, -0.1) is 0 Å². The zero-order chi connectivity index (χ0) is 16.0. The number of para-hydroxylation sites is 1. The van der Waals surface area contributed by atoms with Gasteiger partial charge in [0.1, 0.15) is 11.7 Å². The molecule has 1 atom stereocenters. The van der Waals surface area contributed by atoms with Crippen molar-refractivity contribution >= 4 is 23.2 Å². The van der Waals surface area contributed by atoms with E-state index in [1.807, 2.05) is 0 Å². The van der Waals surface area contributed by atoms with Crippen LogP contribution in [0.2, 0.25) is 0 Å². The first kappa shape index (κ1) is 16.4. The normalized spacial score (nSPS) is 11.4. The largest absolute Gasteiger partial charge is 0.355 e. The minimum absolute atomic E-state index is 0.0113. The van der Waals surface area contributed by atoms with Gasteiger partial charge in [0.2, 0.25) is 5.91 Å². The number of hydrogen-bond acceptors (Lipinski definition) is 6. The van der Waals surface area contributed by atoms with E-state index in [4.69, 9.17) is 5.84 Å². The molecule has 9 heteroatoms. The fourth-order valence-corrected chi connectivity index (χ4v) is 1.70. The van der Waals surface area contributed by atoms with Gasteiger partial charge in [0, 0.05) is 12.6 Å². The van der Waals surface area contributed by atoms with Crippen molar-refractivity contribution in [3.8, 4) is 0 Å². The zero-order valence-corrected chi connectivity index (χ0v) is 11.7. The van der Waals surface area contributed by atoms with Gasteiger partial charge in [0.05, 0.1) is 10.5 Å². The molecule has 0 aromatic heterocycles. The van der Waals surface area contributed by atoms with Crippen molar-refractivity contribution in [2.24, 2.45) is 5.84 Å². The highest BCUT2D eigenvalue weighted by molar-refractivity contribution is 6.03. The molecule has 0 saturated carbocycles. The molecule has 1 unspecified atom stereocenters. The molecule has 0 heterocycles. The Bertz CT molecular complexity index is 561. The van der Waals surface area contributed by atoms with Crippen molar-refractivity contribution < 1.29 is 14.5 Å². The number of amides is 2. The molecule has 0 aliphatic heterocycles. The lowest BCUT2D eigenvalue weighted by molar-refractivity contribution is -0.384. The third-order valence-electron chi connectivity index (χ3n) is 2.72. The van der Waals surface area contributed by atoms with Crippen LogP contribution in [0.1, 0.15) is 24.2 Å². The van der Waals surface area contributed by atoms with Gasteiger partial charge in [0.25, 0.3) is 11.6 Å². The lowest BCUT2D eigenvalue weighted by Crippen LogP contribution is -2.44. The molecule has 9 nitrogen and oxygen atoms in total. The number of carbonyl (C=O) groups is 2. The lowest BCUT2D eigenvalue weighted by Gasteiger charge is -2.15. The van der Waals surface area contributed by atoms with Crippen LogP contribution in [-0.4, -0.2) is 29.3 Å². The van der Waals surface area contributed by atoms with E-state index >= 15 is 0 Å². The van der Waals surface area contributed by atoms with Crippen LogP contribution in [-0.2, 0) is 4.79 Å². The van der Waals surface area contributed by atoms with Gasteiger partial charge in [-0.3, -0.25) is 25.5 Å². The Labute approximate surface area is 121 Å². The van der Waals surface area contributed by atoms with Crippen molar-refractivity contribution in [2.75, 3.05) is 12.0 Å². The third-order valence-corrected chi connectivity index (χ3v) is 2.72. The van der Waals surface area contributed by atoms with Gasteiger partial charge in [0.15, 0.2) is 0 Å². The Morgan fingerprint density at radius 3 is 2.62 bits per heavy atom. The maximum Gasteiger partial charge on any atom is 0.294 e. The SMILES string of the molecule is CCNC(=O)C(C)NC(=O)c1cccc([N+](=O)[O-])c1NN. The number of hydrogen-bond donors (Lipinski definition) is 4. The monoisotopic (exact) mass is 295 g/mol. The molecule has 0 radical (unpaired) electrons. The van der Waals surface area contributed by atoms with E-state index in [2.05, 4.69) is 16.1 Å². The molecule has 0 fully saturated rings.